The molecule has 0 atom stereocenters. The quantitative estimate of drug-likeness (QED) is 0.667. The molecule has 8 heteroatoms. The molecule has 2 aromatic heterocycles. The lowest BCUT2D eigenvalue weighted by atomic mass is 9.95. The number of methoxy groups -OCH3 is 1. The molecule has 1 N–H and O–H groups in total. The van der Waals surface area contributed by atoms with Crippen LogP contribution in [0.15, 0.2) is 29.3 Å². The fraction of sp³-hybridized carbons (Fsp3) is 0.333. The summed E-state index contributed by atoms with van der Waals surface area (Å²) in [6, 6.07) is 5.44. The van der Waals surface area contributed by atoms with Gasteiger partial charge in [-0.15, -0.1) is 11.3 Å². The summed E-state index contributed by atoms with van der Waals surface area (Å²) in [4.78, 5) is 43.1. The van der Waals surface area contributed by atoms with Crippen LogP contribution in [0.1, 0.15) is 39.2 Å². The molecule has 0 saturated carbocycles. The van der Waals surface area contributed by atoms with Crippen molar-refractivity contribution in [2.45, 2.75) is 39.2 Å². The first-order valence-electron chi connectivity index (χ1n) is 9.46. The Morgan fingerprint density at radius 3 is 2.86 bits per heavy atom. The van der Waals surface area contributed by atoms with E-state index in [0.29, 0.717) is 21.5 Å². The van der Waals surface area contributed by atoms with E-state index in [4.69, 9.17) is 4.74 Å². The maximum absolute atomic E-state index is 12.7. The summed E-state index contributed by atoms with van der Waals surface area (Å²) in [5.74, 6) is -0.829. The molecule has 0 unspecified atom stereocenters. The van der Waals surface area contributed by atoms with Crippen LogP contribution in [-0.2, 0) is 28.9 Å². The number of ether oxygens (including phenoxy) is 1. The van der Waals surface area contributed by atoms with Crippen molar-refractivity contribution in [2.75, 3.05) is 12.4 Å². The molecule has 1 aromatic carbocycles. The number of rotatable bonds is 4. The normalized spacial score (nSPS) is 13.2. The van der Waals surface area contributed by atoms with Crippen molar-refractivity contribution in [3.05, 3.63) is 56.4 Å². The Balaban J connectivity index is 1.62. The highest BCUT2D eigenvalue weighted by Gasteiger charge is 2.27. The lowest BCUT2D eigenvalue weighted by Crippen LogP contribution is -2.28. The second-order valence-electron chi connectivity index (χ2n) is 7.15. The van der Waals surface area contributed by atoms with Gasteiger partial charge in [0.1, 0.15) is 11.5 Å². The number of hydrogen-bond acceptors (Lipinski definition) is 6. The summed E-state index contributed by atoms with van der Waals surface area (Å²) in [7, 11) is 1.34. The van der Waals surface area contributed by atoms with Crippen LogP contribution >= 0.6 is 11.3 Å². The molecule has 1 aliphatic carbocycles. The zero-order valence-corrected chi connectivity index (χ0v) is 17.1. The minimum atomic E-state index is -0.445. The second-order valence-corrected chi connectivity index (χ2v) is 8.26. The summed E-state index contributed by atoms with van der Waals surface area (Å²) >= 11 is 1.42. The van der Waals surface area contributed by atoms with Gasteiger partial charge in [-0.3, -0.25) is 14.2 Å². The highest BCUT2D eigenvalue weighted by Crippen LogP contribution is 2.38. The van der Waals surface area contributed by atoms with Gasteiger partial charge in [0, 0.05) is 4.88 Å². The monoisotopic (exact) mass is 411 g/mol. The molecule has 0 bridgehead atoms. The van der Waals surface area contributed by atoms with Gasteiger partial charge in [0.15, 0.2) is 0 Å². The predicted octanol–water partition coefficient (Wildman–Crippen LogP) is 3.07. The van der Waals surface area contributed by atoms with Gasteiger partial charge >= 0.3 is 5.97 Å². The Kier molecular flexibility index (Phi) is 5.19. The Bertz CT molecular complexity index is 1180. The molecule has 0 aliphatic heterocycles. The molecule has 1 aliphatic rings. The van der Waals surface area contributed by atoms with E-state index in [1.165, 1.54) is 29.3 Å². The first kappa shape index (κ1) is 19.3. The molecule has 29 heavy (non-hydrogen) atoms. The van der Waals surface area contributed by atoms with Crippen LogP contribution in [0.3, 0.4) is 0 Å². The minimum Gasteiger partial charge on any atom is -0.465 e. The lowest BCUT2D eigenvalue weighted by molar-refractivity contribution is -0.116. The number of esters is 1. The van der Waals surface area contributed by atoms with Gasteiger partial charge < -0.3 is 10.1 Å². The van der Waals surface area contributed by atoms with Gasteiger partial charge in [-0.25, -0.2) is 9.78 Å². The number of amides is 1. The fourth-order valence-corrected chi connectivity index (χ4v) is 4.97. The molecule has 150 valence electrons. The molecule has 1 amide bonds. The molecule has 7 nitrogen and oxygen atoms in total. The predicted molar refractivity (Wildman–Crippen MR) is 112 cm³/mol. The van der Waals surface area contributed by atoms with E-state index in [1.807, 2.05) is 13.0 Å². The number of anilines is 1. The van der Waals surface area contributed by atoms with E-state index in [2.05, 4.69) is 10.3 Å². The maximum atomic E-state index is 12.7. The van der Waals surface area contributed by atoms with Gasteiger partial charge in [-0.1, -0.05) is 11.6 Å². The Labute approximate surface area is 171 Å². The maximum Gasteiger partial charge on any atom is 0.341 e. The number of benzene rings is 1. The van der Waals surface area contributed by atoms with E-state index in [9.17, 15) is 14.4 Å². The standard InChI is InChI=1S/C21H21N3O4S/c1-12-7-8-15-14(9-12)20(26)24(11-22-15)10-17(25)23-19-18(21(27)28-2)13-5-3-4-6-16(13)29-19/h7-9,11H,3-6,10H2,1-2H3,(H,23,25). The number of thiophene rings is 1. The summed E-state index contributed by atoms with van der Waals surface area (Å²) in [5, 5.41) is 3.78. The van der Waals surface area contributed by atoms with Crippen LogP contribution in [0.25, 0.3) is 10.9 Å². The first-order valence-corrected chi connectivity index (χ1v) is 10.3. The second kappa shape index (κ2) is 7.79. The molecular weight excluding hydrogens is 390 g/mol. The van der Waals surface area contributed by atoms with Crippen molar-refractivity contribution in [3.63, 3.8) is 0 Å². The molecule has 2 heterocycles. The largest absolute Gasteiger partial charge is 0.465 e. The highest BCUT2D eigenvalue weighted by molar-refractivity contribution is 7.17. The average molecular weight is 411 g/mol. The molecule has 0 fully saturated rings. The number of nitrogens with one attached hydrogen (secondary N) is 1. The molecule has 4 rings (SSSR count). The van der Waals surface area contributed by atoms with Crippen molar-refractivity contribution in [1.82, 2.24) is 9.55 Å². The minimum absolute atomic E-state index is 0.182. The Morgan fingerprint density at radius 1 is 1.28 bits per heavy atom. The van der Waals surface area contributed by atoms with Gasteiger partial charge in [-0.05, 0) is 50.3 Å². The van der Waals surface area contributed by atoms with E-state index >= 15 is 0 Å². The van der Waals surface area contributed by atoms with Crippen LogP contribution in [0, 0.1) is 6.92 Å². The summed E-state index contributed by atoms with van der Waals surface area (Å²) in [6.07, 6.45) is 5.16. The van der Waals surface area contributed by atoms with Crippen LogP contribution < -0.4 is 10.9 Å². The third-order valence-electron chi connectivity index (χ3n) is 5.11. The smallest absolute Gasteiger partial charge is 0.341 e. The van der Waals surface area contributed by atoms with E-state index in [-0.39, 0.29) is 18.0 Å². The Morgan fingerprint density at radius 2 is 2.07 bits per heavy atom. The van der Waals surface area contributed by atoms with Crippen LogP contribution in [0.4, 0.5) is 5.00 Å². The fourth-order valence-electron chi connectivity index (χ4n) is 3.68. The molecule has 3 aromatic rings. The van der Waals surface area contributed by atoms with Gasteiger partial charge in [0.05, 0.1) is 29.9 Å². The lowest BCUT2D eigenvalue weighted by Gasteiger charge is -2.12. The van der Waals surface area contributed by atoms with E-state index < -0.39 is 5.97 Å². The zero-order valence-electron chi connectivity index (χ0n) is 16.3. The van der Waals surface area contributed by atoms with Gasteiger partial charge in [0.2, 0.25) is 5.91 Å². The number of nitrogens with zero attached hydrogens (tertiary/aromatic N) is 2. The van der Waals surface area contributed by atoms with Crippen molar-refractivity contribution in [3.8, 4) is 0 Å². The number of carbonyl (C=O) groups excluding carboxylic acids is 2. The number of aryl methyl sites for hydroxylation is 2. The number of carbonyl (C=O) groups is 2. The van der Waals surface area contributed by atoms with Crippen LogP contribution in [0.2, 0.25) is 0 Å². The Hall–Kier alpha value is -3.00. The zero-order chi connectivity index (χ0) is 20.5. The number of aromatic nitrogens is 2. The van der Waals surface area contributed by atoms with Crippen molar-refractivity contribution < 1.29 is 14.3 Å². The highest BCUT2D eigenvalue weighted by atomic mass is 32.1. The third kappa shape index (κ3) is 3.67. The average Bonchev–Trinajstić information content (AvgIpc) is 3.07. The van der Waals surface area contributed by atoms with Crippen molar-refractivity contribution in [2.24, 2.45) is 0 Å². The van der Waals surface area contributed by atoms with Crippen molar-refractivity contribution >= 4 is 39.1 Å². The van der Waals surface area contributed by atoms with Crippen molar-refractivity contribution in [1.29, 1.82) is 0 Å². The third-order valence-corrected chi connectivity index (χ3v) is 6.31. The topological polar surface area (TPSA) is 90.3 Å². The van der Waals surface area contributed by atoms with E-state index in [0.717, 1.165) is 41.7 Å². The SMILES string of the molecule is COC(=O)c1c(NC(=O)Cn2cnc3ccc(C)cc3c2=O)sc2c1CCCC2. The number of fused-ring (bicyclic) bond motifs is 2. The van der Waals surface area contributed by atoms with Gasteiger partial charge in [0.25, 0.3) is 5.56 Å². The molecular formula is C21H21N3O4S. The first-order chi connectivity index (χ1) is 14.0. The van der Waals surface area contributed by atoms with E-state index in [1.54, 1.807) is 12.1 Å². The molecule has 0 spiro atoms. The molecule has 0 saturated heterocycles. The van der Waals surface area contributed by atoms with Crippen LogP contribution in [-0.4, -0.2) is 28.5 Å². The molecule has 0 radical (unpaired) electrons. The van der Waals surface area contributed by atoms with Gasteiger partial charge in [-0.2, -0.15) is 0 Å². The summed E-state index contributed by atoms with van der Waals surface area (Å²) in [6.45, 7) is 1.72. The number of hydrogen-bond donors (Lipinski definition) is 1. The van der Waals surface area contributed by atoms with Crippen LogP contribution in [0.5, 0.6) is 0 Å². The summed E-state index contributed by atoms with van der Waals surface area (Å²) < 4.78 is 6.21. The summed E-state index contributed by atoms with van der Waals surface area (Å²) in [5.41, 5.74) is 2.69.